The second-order valence-electron chi connectivity index (χ2n) is 3.73. The lowest BCUT2D eigenvalue weighted by molar-refractivity contribution is 0.296. The summed E-state index contributed by atoms with van der Waals surface area (Å²) in [6.07, 6.45) is 0. The number of hydrogen-bond acceptors (Lipinski definition) is 6. The molecule has 0 bridgehead atoms. The fourth-order valence-corrected chi connectivity index (χ4v) is 2.73. The summed E-state index contributed by atoms with van der Waals surface area (Å²) in [5.41, 5.74) is 6.27. The third-order valence-electron chi connectivity index (χ3n) is 2.60. The lowest BCUT2D eigenvalue weighted by atomic mass is 10.1. The summed E-state index contributed by atoms with van der Waals surface area (Å²) in [6.45, 7) is 0.816. The summed E-state index contributed by atoms with van der Waals surface area (Å²) in [5, 5.41) is 20.0. The smallest absolute Gasteiger partial charge is 0.161 e. The highest BCUT2D eigenvalue weighted by Crippen LogP contribution is 2.15. The summed E-state index contributed by atoms with van der Waals surface area (Å²) in [7, 11) is -3.56. The third kappa shape index (κ3) is 2.99. The lowest BCUT2D eigenvalue weighted by Crippen LogP contribution is -2.35. The van der Waals surface area contributed by atoms with Crippen LogP contribution in [0.15, 0.2) is 29.4 Å². The van der Waals surface area contributed by atoms with Crippen LogP contribution in [0.1, 0.15) is 12.5 Å². The van der Waals surface area contributed by atoms with Crippen molar-refractivity contribution in [1.29, 1.82) is 0 Å². The fraction of sp³-hybridized carbons (Fsp3) is 0.364. The van der Waals surface area contributed by atoms with E-state index in [1.165, 1.54) is 13.0 Å². The largest absolute Gasteiger partial charge is 0.411 e. The van der Waals surface area contributed by atoms with E-state index in [0.29, 0.717) is 11.3 Å². The van der Waals surface area contributed by atoms with Gasteiger partial charge in [0.05, 0.1) is 6.61 Å². The number of sulfone groups is 1. The van der Waals surface area contributed by atoms with Crippen LogP contribution in [0.4, 0.5) is 5.69 Å². The number of nitrogen functional groups attached to an aromatic ring is 1. The van der Waals surface area contributed by atoms with Crippen molar-refractivity contribution >= 4 is 21.2 Å². The molecule has 0 fully saturated rings. The number of nitrogens with two attached hydrogens (primary N) is 1. The van der Waals surface area contributed by atoms with E-state index < -0.39 is 21.7 Å². The van der Waals surface area contributed by atoms with E-state index in [2.05, 4.69) is 5.16 Å². The van der Waals surface area contributed by atoms with Gasteiger partial charge in [-0.3, -0.25) is 0 Å². The molecule has 0 radical (unpaired) electrons. The molecule has 0 aliphatic heterocycles. The van der Waals surface area contributed by atoms with Crippen LogP contribution in [-0.4, -0.2) is 42.1 Å². The molecule has 0 spiro atoms. The highest BCUT2D eigenvalue weighted by Gasteiger charge is 2.30. The van der Waals surface area contributed by atoms with Crippen LogP contribution < -0.4 is 5.73 Å². The van der Waals surface area contributed by atoms with Gasteiger partial charge in [-0.05, 0) is 12.1 Å². The van der Waals surface area contributed by atoms with Gasteiger partial charge < -0.3 is 16.0 Å². The number of nitrogens with zero attached hydrogens (tertiary/aromatic N) is 1. The molecule has 0 amide bonds. The predicted octanol–water partition coefficient (Wildman–Crippen LogP) is 0.243. The SMILES string of the molecule is CCS(=O)(=O)[C@H](CO)/C(=N\O)c1cccc(N)c1. The van der Waals surface area contributed by atoms with Crippen molar-refractivity contribution in [1.82, 2.24) is 0 Å². The number of aliphatic hydroxyl groups excluding tert-OH is 1. The van der Waals surface area contributed by atoms with Crippen LogP contribution in [0.2, 0.25) is 0 Å². The zero-order chi connectivity index (χ0) is 13.8. The van der Waals surface area contributed by atoms with Gasteiger partial charge in [0.2, 0.25) is 0 Å². The van der Waals surface area contributed by atoms with Crippen molar-refractivity contribution in [2.24, 2.45) is 5.16 Å². The molecule has 18 heavy (non-hydrogen) atoms. The molecule has 1 aromatic rings. The number of aliphatic hydroxyl groups is 1. The second kappa shape index (κ2) is 5.83. The van der Waals surface area contributed by atoms with Crippen LogP contribution >= 0.6 is 0 Å². The summed E-state index contributed by atoms with van der Waals surface area (Å²) in [6, 6.07) is 6.30. The fourth-order valence-electron chi connectivity index (χ4n) is 1.58. The van der Waals surface area contributed by atoms with Crippen molar-refractivity contribution in [3.63, 3.8) is 0 Å². The minimum absolute atomic E-state index is 0.105. The highest BCUT2D eigenvalue weighted by molar-refractivity contribution is 7.92. The molecule has 6 nitrogen and oxygen atoms in total. The lowest BCUT2D eigenvalue weighted by Gasteiger charge is -2.15. The molecular formula is C11H16N2O4S. The molecule has 0 saturated heterocycles. The molecule has 0 unspecified atom stereocenters. The number of hydrogen-bond donors (Lipinski definition) is 3. The van der Waals surface area contributed by atoms with Crippen molar-refractivity contribution < 1.29 is 18.7 Å². The van der Waals surface area contributed by atoms with E-state index in [9.17, 15) is 13.5 Å². The van der Waals surface area contributed by atoms with Gasteiger partial charge in [-0.15, -0.1) is 0 Å². The topological polar surface area (TPSA) is 113 Å². The minimum atomic E-state index is -3.56. The molecule has 7 heteroatoms. The Morgan fingerprint density at radius 1 is 1.50 bits per heavy atom. The van der Waals surface area contributed by atoms with E-state index in [-0.39, 0.29) is 11.5 Å². The summed E-state index contributed by atoms with van der Waals surface area (Å²) in [4.78, 5) is 0. The van der Waals surface area contributed by atoms with E-state index in [1.807, 2.05) is 0 Å². The van der Waals surface area contributed by atoms with E-state index in [0.717, 1.165) is 0 Å². The molecule has 1 aromatic carbocycles. The molecule has 0 saturated carbocycles. The van der Waals surface area contributed by atoms with Crippen LogP contribution in [0.5, 0.6) is 0 Å². The Morgan fingerprint density at radius 2 is 2.17 bits per heavy atom. The molecule has 4 N–H and O–H groups in total. The Labute approximate surface area is 106 Å². The molecule has 0 heterocycles. The van der Waals surface area contributed by atoms with Gasteiger partial charge in [0.15, 0.2) is 9.84 Å². The molecule has 0 aromatic heterocycles. The van der Waals surface area contributed by atoms with Crippen LogP contribution in [-0.2, 0) is 9.84 Å². The van der Waals surface area contributed by atoms with Gasteiger partial charge in [-0.25, -0.2) is 8.42 Å². The maximum absolute atomic E-state index is 11.8. The Balaban J connectivity index is 3.26. The average molecular weight is 272 g/mol. The first-order chi connectivity index (χ1) is 8.46. The monoisotopic (exact) mass is 272 g/mol. The van der Waals surface area contributed by atoms with Crippen molar-refractivity contribution in [2.45, 2.75) is 12.2 Å². The Morgan fingerprint density at radius 3 is 2.61 bits per heavy atom. The predicted molar refractivity (Wildman–Crippen MR) is 69.5 cm³/mol. The Kier molecular flexibility index (Phi) is 4.69. The quantitative estimate of drug-likeness (QED) is 0.307. The van der Waals surface area contributed by atoms with Crippen LogP contribution in [0.3, 0.4) is 0 Å². The maximum atomic E-state index is 11.8. The Bertz CT molecular complexity index is 540. The third-order valence-corrected chi connectivity index (χ3v) is 4.64. The van der Waals surface area contributed by atoms with Crippen LogP contribution in [0.25, 0.3) is 0 Å². The van der Waals surface area contributed by atoms with E-state index in [1.54, 1.807) is 18.2 Å². The summed E-state index contributed by atoms with van der Waals surface area (Å²) >= 11 is 0. The second-order valence-corrected chi connectivity index (χ2v) is 6.21. The van der Waals surface area contributed by atoms with Crippen molar-refractivity contribution in [3.8, 4) is 0 Å². The van der Waals surface area contributed by atoms with Gasteiger partial charge in [0.25, 0.3) is 0 Å². The first-order valence-corrected chi connectivity index (χ1v) is 7.08. The first-order valence-electron chi connectivity index (χ1n) is 5.36. The summed E-state index contributed by atoms with van der Waals surface area (Å²) in [5.74, 6) is -0.153. The van der Waals surface area contributed by atoms with Crippen LogP contribution in [0, 0.1) is 0 Å². The molecular weight excluding hydrogens is 256 g/mol. The van der Waals surface area contributed by atoms with Crippen molar-refractivity contribution in [3.05, 3.63) is 29.8 Å². The number of rotatable bonds is 5. The van der Waals surface area contributed by atoms with E-state index >= 15 is 0 Å². The van der Waals surface area contributed by atoms with E-state index in [4.69, 9.17) is 10.9 Å². The van der Waals surface area contributed by atoms with Gasteiger partial charge in [-0.2, -0.15) is 0 Å². The van der Waals surface area contributed by atoms with Gasteiger partial charge in [0, 0.05) is 17.0 Å². The van der Waals surface area contributed by atoms with Gasteiger partial charge in [0.1, 0.15) is 11.0 Å². The zero-order valence-corrected chi connectivity index (χ0v) is 10.8. The first kappa shape index (κ1) is 14.5. The standard InChI is InChI=1S/C11H16N2O4S/c1-2-18(16,17)10(7-14)11(13-15)8-4-3-5-9(12)6-8/h3-6,10,14-15H,2,7,12H2,1H3/b13-11-/t10-/m1/s1. The van der Waals surface area contributed by atoms with Gasteiger partial charge in [-0.1, -0.05) is 24.2 Å². The normalized spacial score (nSPS) is 14.4. The number of anilines is 1. The molecule has 1 atom stereocenters. The summed E-state index contributed by atoms with van der Waals surface area (Å²) < 4.78 is 23.6. The molecule has 100 valence electrons. The minimum Gasteiger partial charge on any atom is -0.411 e. The number of oxime groups is 1. The molecule has 0 aliphatic carbocycles. The maximum Gasteiger partial charge on any atom is 0.161 e. The van der Waals surface area contributed by atoms with Gasteiger partial charge >= 0.3 is 0 Å². The zero-order valence-electron chi connectivity index (χ0n) is 9.94. The highest BCUT2D eigenvalue weighted by atomic mass is 32.2. The Hall–Kier alpha value is -1.60. The van der Waals surface area contributed by atoms with Crippen molar-refractivity contribution in [2.75, 3.05) is 18.1 Å². The molecule has 1 rings (SSSR count). The average Bonchev–Trinajstić information content (AvgIpc) is 2.35. The number of benzene rings is 1. The molecule has 0 aliphatic rings.